The zero-order chi connectivity index (χ0) is 37.1. The van der Waals surface area contributed by atoms with E-state index >= 15 is 0 Å². The Hall–Kier alpha value is -6.74. The van der Waals surface area contributed by atoms with E-state index in [-0.39, 0.29) is 0 Å². The highest BCUT2D eigenvalue weighted by molar-refractivity contribution is 7.22. The third kappa shape index (κ3) is 4.36. The summed E-state index contributed by atoms with van der Waals surface area (Å²) in [7, 11) is 0. The molecule has 4 N–H and O–H groups in total. The van der Waals surface area contributed by atoms with Crippen LogP contribution in [0.3, 0.4) is 0 Å². The number of hydrogen-bond acceptors (Lipinski definition) is 8. The first-order valence-electron chi connectivity index (χ1n) is 18.8. The summed E-state index contributed by atoms with van der Waals surface area (Å²) in [6.07, 6.45) is 10.4. The fourth-order valence-corrected chi connectivity index (χ4v) is 11.7. The van der Waals surface area contributed by atoms with Gasteiger partial charge in [-0.1, -0.05) is 109 Å². The number of fused-ring (bicyclic) bond motifs is 3. The number of thiophene rings is 2. The summed E-state index contributed by atoms with van der Waals surface area (Å²) in [4.78, 5) is 16.6. The minimum atomic E-state index is 0.602. The number of anilines is 6. The molecule has 2 aliphatic heterocycles. The van der Waals surface area contributed by atoms with Crippen LogP contribution in [0.15, 0.2) is 137 Å². The smallest absolute Gasteiger partial charge is 0.109 e. The minimum absolute atomic E-state index is 0.602. The van der Waals surface area contributed by atoms with E-state index < -0.39 is 0 Å². The average molecular weight is 757 g/mol. The summed E-state index contributed by atoms with van der Waals surface area (Å²) in [6.45, 7) is 0. The van der Waals surface area contributed by atoms with Crippen molar-refractivity contribution in [1.29, 1.82) is 0 Å². The second-order valence-corrected chi connectivity index (χ2v) is 16.5. The van der Waals surface area contributed by atoms with Gasteiger partial charge >= 0.3 is 0 Å². The summed E-state index contributed by atoms with van der Waals surface area (Å²) in [5, 5.41) is 11.4. The Balaban J connectivity index is 1.07. The first kappa shape index (κ1) is 31.6. The first-order chi connectivity index (χ1) is 27.6. The van der Waals surface area contributed by atoms with E-state index in [0.29, 0.717) is 11.4 Å². The molecule has 4 heterocycles. The highest BCUT2D eigenvalue weighted by Gasteiger charge is 2.31. The zero-order valence-corrected chi connectivity index (χ0v) is 31.7. The van der Waals surface area contributed by atoms with E-state index in [1.54, 1.807) is 22.7 Å². The quantitative estimate of drug-likeness (QED) is 0.175. The number of benzene rings is 7. The lowest BCUT2D eigenvalue weighted by atomic mass is 9.89. The molecule has 0 saturated heterocycles. The molecular weight excluding hydrogens is 725 g/mol. The van der Waals surface area contributed by atoms with Gasteiger partial charge in [-0.3, -0.25) is 9.80 Å². The lowest BCUT2D eigenvalue weighted by Crippen LogP contribution is -2.16. The largest absolute Gasteiger partial charge is 0.396 e. The van der Waals surface area contributed by atoms with E-state index in [2.05, 4.69) is 143 Å². The Morgan fingerprint density at radius 1 is 0.518 bits per heavy atom. The van der Waals surface area contributed by atoms with Gasteiger partial charge in [-0.15, -0.1) is 22.7 Å². The number of nitrogens with two attached hydrogens (primary N) is 2. The van der Waals surface area contributed by atoms with Crippen LogP contribution in [0.2, 0.25) is 0 Å². The van der Waals surface area contributed by atoms with Crippen LogP contribution in [0.5, 0.6) is 0 Å². The Kier molecular flexibility index (Phi) is 6.70. The molecule has 0 unspecified atom stereocenters. The minimum Gasteiger partial charge on any atom is -0.396 e. The monoisotopic (exact) mass is 756 g/mol. The summed E-state index contributed by atoms with van der Waals surface area (Å²) in [5.74, 6) is 0. The molecule has 56 heavy (non-hydrogen) atoms. The molecule has 0 saturated carbocycles. The lowest BCUT2D eigenvalue weighted by molar-refractivity contribution is 0.996. The summed E-state index contributed by atoms with van der Waals surface area (Å²) >= 11 is 3.52. The van der Waals surface area contributed by atoms with Gasteiger partial charge in [0.25, 0.3) is 0 Å². The van der Waals surface area contributed by atoms with E-state index in [9.17, 15) is 0 Å². The van der Waals surface area contributed by atoms with Gasteiger partial charge in [-0.25, -0.2) is 9.98 Å². The van der Waals surface area contributed by atoms with Crippen molar-refractivity contribution in [2.24, 2.45) is 9.98 Å². The predicted octanol–water partition coefficient (Wildman–Crippen LogP) is 13.5. The topological polar surface area (TPSA) is 83.2 Å². The van der Waals surface area contributed by atoms with Gasteiger partial charge in [0.2, 0.25) is 0 Å². The summed E-state index contributed by atoms with van der Waals surface area (Å²) < 4.78 is 0. The normalized spacial score (nSPS) is 14.1. The van der Waals surface area contributed by atoms with Gasteiger partial charge in [0.1, 0.15) is 22.7 Å². The van der Waals surface area contributed by atoms with Crippen LogP contribution < -0.4 is 21.3 Å². The van der Waals surface area contributed by atoms with Gasteiger partial charge in [0.05, 0.1) is 34.1 Å². The molecule has 0 fully saturated rings. The molecule has 2 aromatic heterocycles. The lowest BCUT2D eigenvalue weighted by Gasteiger charge is -2.25. The van der Waals surface area contributed by atoms with Crippen LogP contribution in [-0.2, 0) is 6.42 Å². The zero-order valence-electron chi connectivity index (χ0n) is 30.0. The van der Waals surface area contributed by atoms with Gasteiger partial charge in [-0.2, -0.15) is 0 Å². The van der Waals surface area contributed by atoms with Crippen molar-refractivity contribution in [3.63, 3.8) is 0 Å². The molecule has 3 aliphatic rings. The van der Waals surface area contributed by atoms with Crippen molar-refractivity contribution in [1.82, 2.24) is 0 Å². The molecule has 1 aliphatic carbocycles. The maximum Gasteiger partial charge on any atom is 0.109 e. The number of rotatable bonds is 4. The second-order valence-electron chi connectivity index (χ2n) is 14.5. The molecule has 0 atom stereocenters. The first-order valence-corrected chi connectivity index (χ1v) is 20.4. The van der Waals surface area contributed by atoms with Crippen molar-refractivity contribution < 1.29 is 0 Å². The molecule has 0 spiro atoms. The molecule has 8 heteroatoms. The van der Waals surface area contributed by atoms with Crippen LogP contribution in [0.4, 0.5) is 44.1 Å². The summed E-state index contributed by atoms with van der Waals surface area (Å²) in [6, 6.07) is 42.8. The Labute approximate surface area is 330 Å². The van der Waals surface area contributed by atoms with Gasteiger partial charge in [0.15, 0.2) is 0 Å². The number of aliphatic imine (C=N–C) groups is 2. The second kappa shape index (κ2) is 11.9. The fraction of sp³-hybridized carbons (Fsp3) is 0.0417. The van der Waals surface area contributed by atoms with Crippen LogP contribution in [0.25, 0.3) is 70.0 Å². The molecule has 6 nitrogen and oxygen atoms in total. The number of nitrogen functional groups attached to an aromatic ring is 2. The highest BCUT2D eigenvalue weighted by atomic mass is 32.1. The molecule has 9 aromatic rings. The molecule has 266 valence electrons. The van der Waals surface area contributed by atoms with Crippen LogP contribution in [0, 0.1) is 0 Å². The van der Waals surface area contributed by atoms with Crippen molar-refractivity contribution in [2.75, 3.05) is 21.3 Å². The van der Waals surface area contributed by atoms with E-state index in [0.717, 1.165) is 88.5 Å². The third-order valence-corrected chi connectivity index (χ3v) is 14.0. The maximum absolute atomic E-state index is 7.36. The maximum atomic E-state index is 7.36. The SMILES string of the molecule is Nc1c(N)c(-c2sc(N3C=Nc4cccc5cccc3c45)c3ccccc23)c2ccccc2c1-c1sc(N2C=Nc3cccc4cccc2c34)c2c1CCC=C2. The summed E-state index contributed by atoms with van der Waals surface area (Å²) in [5.41, 5.74) is 24.7. The highest BCUT2D eigenvalue weighted by Crippen LogP contribution is 2.57. The Morgan fingerprint density at radius 3 is 1.66 bits per heavy atom. The molecule has 0 amide bonds. The fourth-order valence-electron chi connectivity index (χ4n) is 9.01. The van der Waals surface area contributed by atoms with Crippen molar-refractivity contribution in [3.05, 3.63) is 139 Å². The molecular formula is C48H32N6S2. The standard InChI is InChI=1S/C48H32N6S2/c49-43-41(45-31-17-3-5-19-33(31)47(55-45)53-25-51-35-21-7-11-27-13-9-23-37(53)39(27)35)29-15-1-2-16-30(29)42(44(43)50)46-32-18-4-6-20-34(32)48(56-46)54-26-52-36-22-8-12-28-14-10-24-38(54)40(28)36/h1-3,5-17,19-26H,4,18,49-50H2. The van der Waals surface area contributed by atoms with E-state index in [1.807, 2.05) is 12.7 Å². The van der Waals surface area contributed by atoms with Crippen molar-refractivity contribution in [2.45, 2.75) is 12.8 Å². The van der Waals surface area contributed by atoms with Crippen LogP contribution in [0.1, 0.15) is 17.5 Å². The van der Waals surface area contributed by atoms with Crippen LogP contribution >= 0.6 is 22.7 Å². The Bertz CT molecular complexity index is 3250. The number of allylic oxidation sites excluding steroid dienone is 1. The van der Waals surface area contributed by atoms with Crippen LogP contribution in [-0.4, -0.2) is 12.7 Å². The van der Waals surface area contributed by atoms with Crippen molar-refractivity contribution in [3.8, 4) is 20.9 Å². The number of hydrogen-bond donors (Lipinski definition) is 2. The molecule has 0 radical (unpaired) electrons. The molecule has 0 bridgehead atoms. The van der Waals surface area contributed by atoms with E-state index in [1.165, 1.54) is 32.2 Å². The molecule has 7 aromatic carbocycles. The van der Waals surface area contributed by atoms with Gasteiger partial charge in [0, 0.05) is 48.0 Å². The van der Waals surface area contributed by atoms with Crippen molar-refractivity contribution >= 4 is 129 Å². The Morgan fingerprint density at radius 2 is 1.04 bits per heavy atom. The van der Waals surface area contributed by atoms with Gasteiger partial charge in [-0.05, 0) is 64.2 Å². The predicted molar refractivity (Wildman–Crippen MR) is 243 cm³/mol. The average Bonchev–Trinajstić information content (AvgIpc) is 3.81. The molecule has 12 rings (SSSR count). The third-order valence-electron chi connectivity index (χ3n) is 11.5. The van der Waals surface area contributed by atoms with E-state index in [4.69, 9.17) is 21.5 Å². The van der Waals surface area contributed by atoms with Gasteiger partial charge < -0.3 is 11.5 Å². The number of nitrogens with zero attached hydrogens (tertiary/aromatic N) is 4.